The summed E-state index contributed by atoms with van der Waals surface area (Å²) in [6.07, 6.45) is 85.2. The fourth-order valence-electron chi connectivity index (χ4n) is 9.42. The number of ether oxygens (including phenoxy) is 3. The van der Waals surface area contributed by atoms with Crippen LogP contribution >= 0.6 is 0 Å². The maximum atomic E-state index is 12.9. The zero-order valence-electron chi connectivity index (χ0n) is 49.6. The van der Waals surface area contributed by atoms with Gasteiger partial charge in [-0.25, -0.2) is 0 Å². The van der Waals surface area contributed by atoms with Crippen molar-refractivity contribution in [3.8, 4) is 0 Å². The lowest BCUT2D eigenvalue weighted by Crippen LogP contribution is -2.30. The number of hydrogen-bond acceptors (Lipinski definition) is 5. The largest absolute Gasteiger partial charge is 0.462 e. The smallest absolute Gasteiger partial charge is 0.306 e. The van der Waals surface area contributed by atoms with Crippen LogP contribution in [0.15, 0.2) is 72.9 Å². The molecule has 0 rings (SSSR count). The molecule has 0 saturated heterocycles. The van der Waals surface area contributed by atoms with E-state index >= 15 is 0 Å². The normalized spacial score (nSPS) is 12.6. The number of carbonyl (C=O) groups excluding carboxylic acids is 2. The van der Waals surface area contributed by atoms with Crippen molar-refractivity contribution in [2.45, 2.75) is 335 Å². The van der Waals surface area contributed by atoms with Crippen LogP contribution in [-0.4, -0.2) is 37.9 Å². The molecule has 74 heavy (non-hydrogen) atoms. The second-order valence-corrected chi connectivity index (χ2v) is 21.6. The average molecular weight is 1030 g/mol. The Labute approximate surface area is 461 Å². The summed E-state index contributed by atoms with van der Waals surface area (Å²) in [5, 5.41) is 0. The molecule has 0 amide bonds. The second kappa shape index (κ2) is 64.6. The van der Waals surface area contributed by atoms with Crippen LogP contribution in [0.2, 0.25) is 0 Å². The summed E-state index contributed by atoms with van der Waals surface area (Å²) >= 11 is 0. The van der Waals surface area contributed by atoms with Crippen molar-refractivity contribution in [1.82, 2.24) is 0 Å². The number of allylic oxidation sites excluding steroid dienone is 12. The molecule has 5 nitrogen and oxygen atoms in total. The third kappa shape index (κ3) is 61.9. The maximum absolute atomic E-state index is 12.9. The molecule has 0 aromatic carbocycles. The van der Waals surface area contributed by atoms with Gasteiger partial charge in [0.2, 0.25) is 0 Å². The lowest BCUT2D eigenvalue weighted by molar-refractivity contribution is -0.163. The number of carbonyl (C=O) groups is 2. The van der Waals surface area contributed by atoms with Gasteiger partial charge in [-0.1, -0.05) is 299 Å². The van der Waals surface area contributed by atoms with Crippen LogP contribution in [0.1, 0.15) is 329 Å². The first-order chi connectivity index (χ1) is 36.6. The van der Waals surface area contributed by atoms with Gasteiger partial charge in [0.15, 0.2) is 6.10 Å². The molecule has 0 aromatic rings. The molecule has 0 N–H and O–H groups in total. The SMILES string of the molecule is CC/C=C\C/C=C\C/C=C\C/C=C\C/C=C\CCCCCCOCC(COC(=O)CCCCCCCCCCC/C=C\CCCCCCCC)OC(=O)CCCCCCCCCCCCCCCCCCCCC. The van der Waals surface area contributed by atoms with E-state index in [1.807, 2.05) is 0 Å². The van der Waals surface area contributed by atoms with E-state index < -0.39 is 6.10 Å². The quantitative estimate of drug-likeness (QED) is 0.0345. The molecular weight excluding hydrogens is 909 g/mol. The highest BCUT2D eigenvalue weighted by atomic mass is 16.6. The summed E-state index contributed by atoms with van der Waals surface area (Å²) in [5.41, 5.74) is 0. The Morgan fingerprint density at radius 1 is 0.311 bits per heavy atom. The van der Waals surface area contributed by atoms with Crippen LogP contribution in [0, 0.1) is 0 Å². The minimum atomic E-state index is -0.553. The lowest BCUT2D eigenvalue weighted by atomic mass is 10.0. The molecule has 0 radical (unpaired) electrons. The van der Waals surface area contributed by atoms with Crippen molar-refractivity contribution in [3.63, 3.8) is 0 Å². The number of esters is 2. The third-order valence-corrected chi connectivity index (χ3v) is 14.2. The minimum Gasteiger partial charge on any atom is -0.462 e. The van der Waals surface area contributed by atoms with Crippen LogP contribution in [0.25, 0.3) is 0 Å². The number of unbranched alkanes of at least 4 members (excludes halogenated alkanes) is 37. The van der Waals surface area contributed by atoms with Crippen molar-refractivity contribution in [3.05, 3.63) is 72.9 Å². The summed E-state index contributed by atoms with van der Waals surface area (Å²) < 4.78 is 17.5. The minimum absolute atomic E-state index is 0.0753. The van der Waals surface area contributed by atoms with Gasteiger partial charge in [0.05, 0.1) is 6.61 Å². The Balaban J connectivity index is 4.31. The molecule has 0 heterocycles. The van der Waals surface area contributed by atoms with Gasteiger partial charge in [0.25, 0.3) is 0 Å². The Bertz CT molecular complexity index is 1310. The molecule has 0 aliphatic heterocycles. The van der Waals surface area contributed by atoms with E-state index in [1.54, 1.807) is 0 Å². The fourth-order valence-corrected chi connectivity index (χ4v) is 9.42. The highest BCUT2D eigenvalue weighted by Gasteiger charge is 2.18. The van der Waals surface area contributed by atoms with Crippen molar-refractivity contribution in [1.29, 1.82) is 0 Å². The summed E-state index contributed by atoms with van der Waals surface area (Å²) in [6, 6.07) is 0. The van der Waals surface area contributed by atoms with E-state index in [4.69, 9.17) is 14.2 Å². The van der Waals surface area contributed by atoms with Gasteiger partial charge in [-0.15, -0.1) is 0 Å². The van der Waals surface area contributed by atoms with Gasteiger partial charge in [-0.2, -0.15) is 0 Å². The summed E-state index contributed by atoms with van der Waals surface area (Å²) in [4.78, 5) is 25.7. The van der Waals surface area contributed by atoms with Crippen molar-refractivity contribution in [2.24, 2.45) is 0 Å². The predicted octanol–water partition coefficient (Wildman–Crippen LogP) is 22.6. The predicted molar refractivity (Wildman–Crippen MR) is 325 cm³/mol. The van der Waals surface area contributed by atoms with Crippen LogP contribution < -0.4 is 0 Å². The molecular formula is C69H124O5. The van der Waals surface area contributed by atoms with Crippen LogP contribution in [0.4, 0.5) is 0 Å². The molecule has 0 aliphatic rings. The average Bonchev–Trinajstić information content (AvgIpc) is 3.40. The van der Waals surface area contributed by atoms with Crippen LogP contribution in [0.3, 0.4) is 0 Å². The van der Waals surface area contributed by atoms with E-state index in [0.717, 1.165) is 77.0 Å². The van der Waals surface area contributed by atoms with Gasteiger partial charge < -0.3 is 14.2 Å². The summed E-state index contributed by atoms with van der Waals surface area (Å²) in [7, 11) is 0. The molecule has 0 saturated carbocycles. The second-order valence-electron chi connectivity index (χ2n) is 21.6. The summed E-state index contributed by atoms with van der Waals surface area (Å²) in [6.45, 7) is 7.71. The zero-order chi connectivity index (χ0) is 53.4. The zero-order valence-corrected chi connectivity index (χ0v) is 49.6. The third-order valence-electron chi connectivity index (χ3n) is 14.2. The Morgan fingerprint density at radius 2 is 0.608 bits per heavy atom. The van der Waals surface area contributed by atoms with E-state index in [0.29, 0.717) is 19.4 Å². The van der Waals surface area contributed by atoms with Gasteiger partial charge in [0, 0.05) is 19.4 Å². The molecule has 430 valence electrons. The van der Waals surface area contributed by atoms with E-state index in [9.17, 15) is 9.59 Å². The molecule has 5 heteroatoms. The Morgan fingerprint density at radius 3 is 0.986 bits per heavy atom. The van der Waals surface area contributed by atoms with Gasteiger partial charge in [0.1, 0.15) is 6.61 Å². The van der Waals surface area contributed by atoms with Gasteiger partial charge in [-0.3, -0.25) is 9.59 Å². The molecule has 0 aliphatic carbocycles. The van der Waals surface area contributed by atoms with E-state index in [2.05, 4.69) is 93.7 Å². The molecule has 0 spiro atoms. The number of rotatable bonds is 60. The number of hydrogen-bond donors (Lipinski definition) is 0. The molecule has 0 aromatic heterocycles. The maximum Gasteiger partial charge on any atom is 0.306 e. The summed E-state index contributed by atoms with van der Waals surface area (Å²) in [5.74, 6) is -0.398. The molecule has 0 bridgehead atoms. The van der Waals surface area contributed by atoms with Gasteiger partial charge in [-0.05, 0) is 89.9 Å². The van der Waals surface area contributed by atoms with Crippen LogP contribution in [-0.2, 0) is 23.8 Å². The molecule has 1 atom stereocenters. The first-order valence-corrected chi connectivity index (χ1v) is 32.5. The van der Waals surface area contributed by atoms with Gasteiger partial charge >= 0.3 is 11.9 Å². The lowest BCUT2D eigenvalue weighted by Gasteiger charge is -2.18. The van der Waals surface area contributed by atoms with Crippen molar-refractivity contribution < 1.29 is 23.8 Å². The monoisotopic (exact) mass is 1030 g/mol. The highest BCUT2D eigenvalue weighted by molar-refractivity contribution is 5.70. The van der Waals surface area contributed by atoms with Crippen molar-refractivity contribution >= 4 is 11.9 Å². The Hall–Kier alpha value is -2.66. The molecule has 0 fully saturated rings. The van der Waals surface area contributed by atoms with Crippen LogP contribution in [0.5, 0.6) is 0 Å². The van der Waals surface area contributed by atoms with E-state index in [-0.39, 0.29) is 25.2 Å². The molecule has 1 unspecified atom stereocenters. The topological polar surface area (TPSA) is 61.8 Å². The first-order valence-electron chi connectivity index (χ1n) is 32.5. The van der Waals surface area contributed by atoms with E-state index in [1.165, 1.54) is 218 Å². The first kappa shape index (κ1) is 71.3. The standard InChI is InChI=1S/C69H124O5/c1-4-7-10-13-16-19-22-25-28-31-34-37-40-43-46-49-52-55-58-61-64-72-65-67(74-69(71)63-60-57-54-51-48-45-42-39-36-33-30-27-24-21-18-15-12-9-6-3)66-73-68(70)62-59-56-53-50-47-44-41-38-35-32-29-26-23-20-17-14-11-8-5-2/h7,10,16,19,25-26,28-29,34,37,43,46,67H,4-6,8-9,11-15,17-18,20-24,27,30-33,35-36,38-42,44-45,47-66H2,1-3H3/b10-7-,19-16-,28-25-,29-26-,37-34-,46-43-. The highest BCUT2D eigenvalue weighted by Crippen LogP contribution is 2.17. The Kier molecular flexibility index (Phi) is 62.3. The fraction of sp³-hybridized carbons (Fsp3) is 0.797. The van der Waals surface area contributed by atoms with Crippen molar-refractivity contribution in [2.75, 3.05) is 19.8 Å².